The van der Waals surface area contributed by atoms with E-state index in [1.165, 1.54) is 0 Å². The van der Waals surface area contributed by atoms with Crippen LogP contribution >= 0.6 is 11.3 Å². The summed E-state index contributed by atoms with van der Waals surface area (Å²) in [5.41, 5.74) is 1.50. The van der Waals surface area contributed by atoms with Crippen molar-refractivity contribution in [1.82, 2.24) is 4.98 Å². The molecule has 1 aliphatic heterocycles. The van der Waals surface area contributed by atoms with Crippen LogP contribution < -0.4 is 0 Å². The Kier molecular flexibility index (Phi) is 9.76. The number of aromatic nitrogens is 1. The third-order valence-corrected chi connectivity index (χ3v) is 7.09. The van der Waals surface area contributed by atoms with Crippen molar-refractivity contribution in [2.75, 3.05) is 0 Å². The Morgan fingerprint density at radius 3 is 2.55 bits per heavy atom. The molecule has 0 saturated heterocycles. The van der Waals surface area contributed by atoms with Crippen LogP contribution in [0.25, 0.3) is 6.08 Å². The summed E-state index contributed by atoms with van der Waals surface area (Å²) < 4.78 is 5.76. The fraction of sp³-hybridized carbons (Fsp3) is 0.577. The Labute approximate surface area is 201 Å². The lowest BCUT2D eigenvalue weighted by Crippen LogP contribution is -2.41. The Hall–Kier alpha value is -2.09. The first-order valence-corrected chi connectivity index (χ1v) is 12.3. The molecule has 2 heterocycles. The maximum Gasteiger partial charge on any atom is 0.309 e. The summed E-state index contributed by atoms with van der Waals surface area (Å²) in [6.07, 6.45) is 6.08. The average molecular weight is 476 g/mol. The van der Waals surface area contributed by atoms with E-state index in [-0.39, 0.29) is 24.5 Å². The highest BCUT2D eigenvalue weighted by atomic mass is 32.1. The molecule has 4 atom stereocenters. The number of hydrogen-bond donors (Lipinski definition) is 2. The van der Waals surface area contributed by atoms with Gasteiger partial charge in [-0.2, -0.15) is 0 Å². The van der Waals surface area contributed by atoms with E-state index in [2.05, 4.69) is 4.98 Å². The fourth-order valence-electron chi connectivity index (χ4n) is 3.55. The van der Waals surface area contributed by atoms with Crippen LogP contribution in [0.1, 0.15) is 71.0 Å². The fourth-order valence-corrected chi connectivity index (χ4v) is 4.12. The van der Waals surface area contributed by atoms with Gasteiger partial charge in [0.25, 0.3) is 0 Å². The van der Waals surface area contributed by atoms with E-state index in [9.17, 15) is 19.8 Å². The molecule has 6 nitrogen and oxygen atoms in total. The van der Waals surface area contributed by atoms with Gasteiger partial charge in [-0.15, -0.1) is 11.3 Å². The van der Waals surface area contributed by atoms with Gasteiger partial charge in [0.1, 0.15) is 11.9 Å². The van der Waals surface area contributed by atoms with Crippen LogP contribution in [0.5, 0.6) is 0 Å². The summed E-state index contributed by atoms with van der Waals surface area (Å²) in [4.78, 5) is 30.0. The van der Waals surface area contributed by atoms with Crippen LogP contribution in [0.4, 0.5) is 0 Å². The first kappa shape index (κ1) is 27.2. The van der Waals surface area contributed by atoms with Gasteiger partial charge in [0.05, 0.1) is 29.3 Å². The predicted molar refractivity (Wildman–Crippen MR) is 132 cm³/mol. The van der Waals surface area contributed by atoms with Crippen LogP contribution in [0.2, 0.25) is 0 Å². The second kappa shape index (κ2) is 11.9. The number of aliphatic hydroxyl groups is 2. The molecular formula is C26H37NO5S. The normalized spacial score (nSPS) is 30.9. The summed E-state index contributed by atoms with van der Waals surface area (Å²) in [6, 6.07) is 0. The van der Waals surface area contributed by atoms with Crippen molar-refractivity contribution in [3.05, 3.63) is 45.5 Å². The molecule has 0 spiro atoms. The van der Waals surface area contributed by atoms with E-state index in [0.717, 1.165) is 21.8 Å². The first-order valence-electron chi connectivity index (χ1n) is 11.4. The zero-order valence-corrected chi connectivity index (χ0v) is 21.3. The van der Waals surface area contributed by atoms with Crippen molar-refractivity contribution in [1.29, 1.82) is 0 Å². The number of carbonyl (C=O) groups excluding carboxylic acids is 2. The predicted octanol–water partition coefficient (Wildman–Crippen LogP) is 4.80. The molecule has 0 aromatic carbocycles. The molecule has 0 radical (unpaired) electrons. The minimum absolute atomic E-state index is 0.0690. The van der Waals surface area contributed by atoms with Crippen LogP contribution in [0.15, 0.2) is 34.8 Å². The molecule has 182 valence electrons. The lowest BCUT2D eigenvalue weighted by atomic mass is 9.77. The summed E-state index contributed by atoms with van der Waals surface area (Å²) in [6.45, 7) is 10.9. The van der Waals surface area contributed by atoms with Crippen molar-refractivity contribution < 1.29 is 24.5 Å². The topological polar surface area (TPSA) is 96.7 Å². The highest BCUT2D eigenvalue weighted by Crippen LogP contribution is 2.29. The second-order valence-electron chi connectivity index (χ2n) is 9.59. The van der Waals surface area contributed by atoms with Gasteiger partial charge in [-0.1, -0.05) is 44.6 Å². The lowest BCUT2D eigenvalue weighted by molar-refractivity contribution is -0.153. The Morgan fingerprint density at radius 2 is 1.91 bits per heavy atom. The molecule has 0 saturated carbocycles. The van der Waals surface area contributed by atoms with E-state index in [4.69, 9.17) is 4.74 Å². The maximum atomic E-state index is 12.8. The third-order valence-electron chi connectivity index (χ3n) is 6.30. The molecule has 1 unspecified atom stereocenters. The number of ketones is 1. The zero-order valence-electron chi connectivity index (χ0n) is 20.5. The summed E-state index contributed by atoms with van der Waals surface area (Å²) in [5.74, 6) is -0.956. The first-order chi connectivity index (χ1) is 15.4. The number of carbonyl (C=O) groups is 2. The molecule has 0 aliphatic carbocycles. The van der Waals surface area contributed by atoms with Gasteiger partial charge in [0.2, 0.25) is 0 Å². The SMILES string of the molecule is CC1=C/C[C@@H](/C(C)=C/c2csc(C)n2)OC(=O)C[C@H](O)C(C)(C)C(=O)CC(O)[C@@H](C)C\C=C\1. The van der Waals surface area contributed by atoms with Crippen molar-refractivity contribution in [2.24, 2.45) is 11.3 Å². The van der Waals surface area contributed by atoms with Crippen LogP contribution in [-0.4, -0.2) is 45.3 Å². The highest BCUT2D eigenvalue weighted by molar-refractivity contribution is 7.09. The standard InChI is InChI=1S/C26H37NO5S/c1-16-8-7-9-17(2)21(28)13-23(29)26(5,6)24(30)14-25(31)32-22(11-10-16)18(3)12-20-15-33-19(4)27-20/h7-8,10,12,15,17,21-22,24,28,30H,9,11,13-14H2,1-6H3/b8-7+,16-10-,18-12+/t17-,21?,22-,24-/m0/s1. The van der Waals surface area contributed by atoms with Gasteiger partial charge >= 0.3 is 5.97 Å². The van der Waals surface area contributed by atoms with Gasteiger partial charge < -0.3 is 14.9 Å². The van der Waals surface area contributed by atoms with Crippen molar-refractivity contribution >= 4 is 29.2 Å². The largest absolute Gasteiger partial charge is 0.457 e. The Morgan fingerprint density at radius 1 is 1.21 bits per heavy atom. The van der Waals surface area contributed by atoms with Crippen molar-refractivity contribution in [3.8, 4) is 0 Å². The van der Waals surface area contributed by atoms with Gasteiger partial charge in [-0.05, 0) is 44.8 Å². The molecular weight excluding hydrogens is 438 g/mol. The number of thiazole rings is 1. The average Bonchev–Trinajstić information content (AvgIpc) is 3.14. The molecule has 0 bridgehead atoms. The van der Waals surface area contributed by atoms with Gasteiger partial charge in [0, 0.05) is 23.6 Å². The smallest absolute Gasteiger partial charge is 0.309 e. The van der Waals surface area contributed by atoms with Gasteiger partial charge in [0.15, 0.2) is 0 Å². The van der Waals surface area contributed by atoms with E-state index in [1.807, 2.05) is 57.4 Å². The van der Waals surface area contributed by atoms with Crippen LogP contribution in [-0.2, 0) is 14.3 Å². The number of Topliss-reactive ketones (excluding diaryl/α,β-unsaturated/α-hetero) is 1. The van der Waals surface area contributed by atoms with E-state index < -0.39 is 29.7 Å². The molecule has 1 aromatic rings. The number of esters is 1. The number of aryl methyl sites for hydroxylation is 1. The number of hydrogen-bond acceptors (Lipinski definition) is 7. The van der Waals surface area contributed by atoms with E-state index in [0.29, 0.717) is 12.8 Å². The third kappa shape index (κ3) is 8.02. The lowest BCUT2D eigenvalue weighted by Gasteiger charge is -2.31. The Bertz CT molecular complexity index is 927. The summed E-state index contributed by atoms with van der Waals surface area (Å²) >= 11 is 1.55. The number of cyclic esters (lactones) is 1. The number of ether oxygens (including phenoxy) is 1. The maximum absolute atomic E-state index is 12.8. The quantitative estimate of drug-likeness (QED) is 0.597. The molecule has 0 fully saturated rings. The number of nitrogens with zero attached hydrogens (tertiary/aromatic N) is 1. The second-order valence-corrected chi connectivity index (χ2v) is 10.7. The summed E-state index contributed by atoms with van der Waals surface area (Å²) in [7, 11) is 0. The van der Waals surface area contributed by atoms with E-state index in [1.54, 1.807) is 25.2 Å². The van der Waals surface area contributed by atoms with Crippen molar-refractivity contribution in [2.45, 2.75) is 85.5 Å². The molecule has 2 N–H and O–H groups in total. The number of rotatable bonds is 2. The van der Waals surface area contributed by atoms with Crippen LogP contribution in [0.3, 0.4) is 0 Å². The monoisotopic (exact) mass is 475 g/mol. The minimum atomic E-state index is -1.21. The molecule has 2 rings (SSSR count). The molecule has 33 heavy (non-hydrogen) atoms. The number of allylic oxidation sites excluding steroid dienone is 3. The van der Waals surface area contributed by atoms with E-state index >= 15 is 0 Å². The zero-order chi connectivity index (χ0) is 24.8. The molecule has 1 aromatic heterocycles. The minimum Gasteiger partial charge on any atom is -0.457 e. The molecule has 1 aliphatic rings. The summed E-state index contributed by atoms with van der Waals surface area (Å²) in [5, 5.41) is 24.1. The highest BCUT2D eigenvalue weighted by Gasteiger charge is 2.38. The van der Waals surface area contributed by atoms with Gasteiger partial charge in [-0.25, -0.2) is 4.98 Å². The number of aliphatic hydroxyl groups excluding tert-OH is 2. The Balaban J connectivity index is 2.34. The molecule has 0 amide bonds. The van der Waals surface area contributed by atoms with Gasteiger partial charge in [-0.3, -0.25) is 9.59 Å². The molecule has 7 heteroatoms. The van der Waals surface area contributed by atoms with Crippen LogP contribution in [0, 0.1) is 18.3 Å². The van der Waals surface area contributed by atoms with Crippen molar-refractivity contribution in [3.63, 3.8) is 0 Å².